The van der Waals surface area contributed by atoms with Crippen molar-refractivity contribution in [3.63, 3.8) is 0 Å². The molecule has 2 aromatic rings. The Morgan fingerprint density at radius 1 is 1.14 bits per heavy atom. The number of nitrogens with zero attached hydrogens (tertiary/aromatic N) is 1. The van der Waals surface area contributed by atoms with Gasteiger partial charge < -0.3 is 10.1 Å². The summed E-state index contributed by atoms with van der Waals surface area (Å²) in [5.74, 6) is 0.282. The summed E-state index contributed by atoms with van der Waals surface area (Å²) in [4.78, 5) is 10.9. The second-order valence-corrected chi connectivity index (χ2v) is 4.61. The first kappa shape index (κ1) is 14.8. The number of nitro benzene ring substituents is 1. The van der Waals surface area contributed by atoms with Crippen LogP contribution in [0, 0.1) is 10.1 Å². The van der Waals surface area contributed by atoms with Crippen molar-refractivity contribution in [2.24, 2.45) is 0 Å². The second-order valence-electron chi connectivity index (χ2n) is 4.61. The molecule has 0 aliphatic rings. The van der Waals surface area contributed by atoms with Gasteiger partial charge in [0.05, 0.1) is 4.92 Å². The van der Waals surface area contributed by atoms with Crippen LogP contribution in [0.5, 0.6) is 5.75 Å². The van der Waals surface area contributed by atoms with Gasteiger partial charge in [0.25, 0.3) is 0 Å². The van der Waals surface area contributed by atoms with E-state index in [-0.39, 0.29) is 11.4 Å². The van der Waals surface area contributed by atoms with Gasteiger partial charge in [-0.25, -0.2) is 0 Å². The van der Waals surface area contributed by atoms with E-state index in [1.54, 1.807) is 18.2 Å². The lowest BCUT2D eigenvalue weighted by Crippen LogP contribution is -2.05. The fraction of sp³-hybridized carbons (Fsp3) is 0.250. The van der Waals surface area contributed by atoms with Crippen LogP contribution < -0.4 is 10.1 Å². The molecule has 0 saturated carbocycles. The molecule has 0 aliphatic carbocycles. The molecule has 0 spiro atoms. The van der Waals surface area contributed by atoms with Gasteiger partial charge >= 0.3 is 5.69 Å². The van der Waals surface area contributed by atoms with Gasteiger partial charge in [0.1, 0.15) is 12.3 Å². The maximum atomic E-state index is 11.3. The zero-order valence-electron chi connectivity index (χ0n) is 11.9. The summed E-state index contributed by atoms with van der Waals surface area (Å²) in [5.41, 5.74) is 1.45. The van der Waals surface area contributed by atoms with Crippen molar-refractivity contribution in [3.05, 3.63) is 64.2 Å². The average Bonchev–Trinajstić information content (AvgIpc) is 2.51. The third kappa shape index (κ3) is 3.95. The Kier molecular flexibility index (Phi) is 5.15. The normalized spacial score (nSPS) is 10.1. The van der Waals surface area contributed by atoms with Crippen molar-refractivity contribution in [1.82, 2.24) is 0 Å². The molecule has 110 valence electrons. The van der Waals surface area contributed by atoms with Crippen LogP contribution >= 0.6 is 0 Å². The predicted octanol–water partition coefficient (Wildman–Crippen LogP) is 4.00. The fourth-order valence-electron chi connectivity index (χ4n) is 1.96. The molecule has 2 aromatic carbocycles. The molecule has 0 unspecified atom stereocenters. The Hall–Kier alpha value is -2.56. The van der Waals surface area contributed by atoms with Crippen molar-refractivity contribution in [1.29, 1.82) is 0 Å². The Bertz CT molecular complexity index is 600. The van der Waals surface area contributed by atoms with Crippen molar-refractivity contribution in [3.8, 4) is 5.75 Å². The number of nitro groups is 1. The molecule has 0 heterocycles. The zero-order chi connectivity index (χ0) is 15.1. The van der Waals surface area contributed by atoms with Gasteiger partial charge in [0.15, 0.2) is 5.75 Å². The standard InChI is InChI=1S/C16H18N2O3/c1-2-11-17-14-9-6-10-15(16(14)18(19)20)21-12-13-7-4-3-5-8-13/h3-10,17H,2,11-12H2,1H3. The fourth-order valence-corrected chi connectivity index (χ4v) is 1.96. The molecule has 0 aromatic heterocycles. The summed E-state index contributed by atoms with van der Waals surface area (Å²) in [7, 11) is 0. The molecular weight excluding hydrogens is 268 g/mol. The Morgan fingerprint density at radius 2 is 1.90 bits per heavy atom. The van der Waals surface area contributed by atoms with E-state index in [9.17, 15) is 10.1 Å². The summed E-state index contributed by atoms with van der Waals surface area (Å²) < 4.78 is 5.62. The molecule has 0 amide bonds. The molecule has 0 fully saturated rings. The maximum Gasteiger partial charge on any atom is 0.333 e. The van der Waals surface area contributed by atoms with Crippen LogP contribution in [-0.4, -0.2) is 11.5 Å². The predicted molar refractivity (Wildman–Crippen MR) is 82.7 cm³/mol. The number of para-hydroxylation sites is 1. The highest BCUT2D eigenvalue weighted by Crippen LogP contribution is 2.35. The molecular formula is C16H18N2O3. The van der Waals surface area contributed by atoms with Gasteiger partial charge in [-0.05, 0) is 24.1 Å². The minimum atomic E-state index is -0.404. The molecule has 0 atom stereocenters. The van der Waals surface area contributed by atoms with E-state index in [2.05, 4.69) is 5.32 Å². The topological polar surface area (TPSA) is 64.4 Å². The Labute approximate surface area is 123 Å². The molecule has 0 saturated heterocycles. The van der Waals surface area contributed by atoms with Crippen LogP contribution in [0.25, 0.3) is 0 Å². The maximum absolute atomic E-state index is 11.3. The summed E-state index contributed by atoms with van der Waals surface area (Å²) in [6.07, 6.45) is 0.895. The van der Waals surface area contributed by atoms with Crippen LogP contribution in [0.4, 0.5) is 11.4 Å². The molecule has 2 rings (SSSR count). The van der Waals surface area contributed by atoms with Crippen LogP contribution in [0.3, 0.4) is 0 Å². The summed E-state index contributed by atoms with van der Waals surface area (Å²) in [6, 6.07) is 14.7. The minimum Gasteiger partial charge on any atom is -0.482 e. The van der Waals surface area contributed by atoms with E-state index in [0.717, 1.165) is 12.0 Å². The van der Waals surface area contributed by atoms with Crippen molar-refractivity contribution in [2.45, 2.75) is 20.0 Å². The van der Waals surface area contributed by atoms with Crippen molar-refractivity contribution < 1.29 is 9.66 Å². The summed E-state index contributed by atoms with van der Waals surface area (Å²) in [6.45, 7) is 3.00. The highest BCUT2D eigenvalue weighted by Gasteiger charge is 2.20. The smallest absolute Gasteiger partial charge is 0.333 e. The first-order valence-corrected chi connectivity index (χ1v) is 6.90. The number of benzene rings is 2. The van der Waals surface area contributed by atoms with Gasteiger partial charge in [-0.15, -0.1) is 0 Å². The monoisotopic (exact) mass is 286 g/mol. The van der Waals surface area contributed by atoms with E-state index in [0.29, 0.717) is 18.8 Å². The number of anilines is 1. The Balaban J connectivity index is 2.20. The third-order valence-corrected chi connectivity index (χ3v) is 2.98. The lowest BCUT2D eigenvalue weighted by molar-refractivity contribution is -0.385. The van der Waals surface area contributed by atoms with Gasteiger partial charge in [0, 0.05) is 6.54 Å². The number of rotatable bonds is 7. The molecule has 0 radical (unpaired) electrons. The highest BCUT2D eigenvalue weighted by molar-refractivity contribution is 5.68. The lowest BCUT2D eigenvalue weighted by atomic mass is 10.2. The van der Waals surface area contributed by atoms with Crippen molar-refractivity contribution >= 4 is 11.4 Å². The molecule has 0 bridgehead atoms. The highest BCUT2D eigenvalue weighted by atomic mass is 16.6. The van der Waals surface area contributed by atoms with Gasteiger partial charge in [0.2, 0.25) is 0 Å². The van der Waals surface area contributed by atoms with Crippen LogP contribution in [0.2, 0.25) is 0 Å². The average molecular weight is 286 g/mol. The van der Waals surface area contributed by atoms with Crippen LogP contribution in [0.1, 0.15) is 18.9 Å². The molecule has 5 heteroatoms. The zero-order valence-corrected chi connectivity index (χ0v) is 11.9. The molecule has 0 aliphatic heterocycles. The van der Waals surface area contributed by atoms with Gasteiger partial charge in [-0.2, -0.15) is 0 Å². The molecule has 21 heavy (non-hydrogen) atoms. The van der Waals surface area contributed by atoms with Crippen LogP contribution in [-0.2, 0) is 6.61 Å². The second kappa shape index (κ2) is 7.28. The Morgan fingerprint density at radius 3 is 2.57 bits per heavy atom. The summed E-state index contributed by atoms with van der Waals surface area (Å²) >= 11 is 0. The first-order valence-electron chi connectivity index (χ1n) is 6.90. The van der Waals surface area contributed by atoms with E-state index in [1.807, 2.05) is 37.3 Å². The van der Waals surface area contributed by atoms with E-state index in [4.69, 9.17) is 4.74 Å². The van der Waals surface area contributed by atoms with E-state index in [1.165, 1.54) is 0 Å². The number of hydrogen-bond acceptors (Lipinski definition) is 4. The lowest BCUT2D eigenvalue weighted by Gasteiger charge is -2.11. The first-order chi connectivity index (χ1) is 10.2. The van der Waals surface area contributed by atoms with Gasteiger partial charge in [-0.3, -0.25) is 10.1 Å². The molecule has 1 N–H and O–H groups in total. The number of hydrogen-bond donors (Lipinski definition) is 1. The van der Waals surface area contributed by atoms with Gasteiger partial charge in [-0.1, -0.05) is 43.3 Å². The SMILES string of the molecule is CCCNc1cccc(OCc2ccccc2)c1[N+](=O)[O-]. The van der Waals surface area contributed by atoms with Crippen molar-refractivity contribution in [2.75, 3.05) is 11.9 Å². The minimum absolute atomic E-state index is 0.0121. The van der Waals surface area contributed by atoms with E-state index < -0.39 is 4.92 Å². The third-order valence-electron chi connectivity index (χ3n) is 2.98. The summed E-state index contributed by atoms with van der Waals surface area (Å²) in [5, 5.41) is 14.4. The van der Waals surface area contributed by atoms with Crippen LogP contribution in [0.15, 0.2) is 48.5 Å². The quantitative estimate of drug-likeness (QED) is 0.617. The van der Waals surface area contributed by atoms with E-state index >= 15 is 0 Å². The molecule has 5 nitrogen and oxygen atoms in total. The largest absolute Gasteiger partial charge is 0.482 e. The number of ether oxygens (including phenoxy) is 1. The number of nitrogens with one attached hydrogen (secondary N) is 1.